The summed E-state index contributed by atoms with van der Waals surface area (Å²) in [5, 5.41) is 5.94. The van der Waals surface area contributed by atoms with E-state index in [0.717, 1.165) is 39.8 Å². The van der Waals surface area contributed by atoms with Gasteiger partial charge in [0.15, 0.2) is 10.8 Å². The average molecular weight is 470 g/mol. The van der Waals surface area contributed by atoms with Crippen LogP contribution in [0.3, 0.4) is 0 Å². The largest absolute Gasteiger partial charge is 0.434 e. The Morgan fingerprint density at radius 3 is 2.47 bits per heavy atom. The summed E-state index contributed by atoms with van der Waals surface area (Å²) >= 11 is 1.08. The molecule has 0 spiro atoms. The number of fused-ring (bicyclic) bond motifs is 1. The molecular formula is C20H12F6N4OS. The highest BCUT2D eigenvalue weighted by Crippen LogP contribution is 2.36. The quantitative estimate of drug-likeness (QED) is 0.369. The van der Waals surface area contributed by atoms with Gasteiger partial charge in [-0.2, -0.15) is 31.4 Å². The molecule has 0 saturated heterocycles. The zero-order valence-corrected chi connectivity index (χ0v) is 16.9. The SMILES string of the molecule is Cc1ccc2nc(NC(=O)c3cnn(-c4cccc(C(F)(F)F)c4)c3C(F)(F)F)sc2c1. The number of hydrogen-bond acceptors (Lipinski definition) is 4. The van der Waals surface area contributed by atoms with Gasteiger partial charge in [-0.3, -0.25) is 10.1 Å². The van der Waals surface area contributed by atoms with Crippen molar-refractivity contribution in [2.24, 2.45) is 0 Å². The number of nitrogens with one attached hydrogen (secondary N) is 1. The number of amides is 1. The maximum atomic E-state index is 13.8. The van der Waals surface area contributed by atoms with Gasteiger partial charge in [-0.25, -0.2) is 9.67 Å². The Labute approximate surface area is 180 Å². The number of nitrogens with zero attached hydrogens (tertiary/aromatic N) is 3. The van der Waals surface area contributed by atoms with Gasteiger partial charge < -0.3 is 0 Å². The smallest absolute Gasteiger partial charge is 0.298 e. The summed E-state index contributed by atoms with van der Waals surface area (Å²) in [5.41, 5.74) is -2.46. The Morgan fingerprint density at radius 2 is 1.78 bits per heavy atom. The van der Waals surface area contributed by atoms with Gasteiger partial charge in [0, 0.05) is 0 Å². The van der Waals surface area contributed by atoms with E-state index in [9.17, 15) is 31.1 Å². The number of anilines is 1. The van der Waals surface area contributed by atoms with Crippen LogP contribution in [0.1, 0.15) is 27.2 Å². The molecule has 0 unspecified atom stereocenters. The molecular weight excluding hydrogens is 458 g/mol. The highest BCUT2D eigenvalue weighted by atomic mass is 32.1. The molecule has 0 fully saturated rings. The van der Waals surface area contributed by atoms with Crippen LogP contribution < -0.4 is 5.32 Å². The summed E-state index contributed by atoms with van der Waals surface area (Å²) in [4.78, 5) is 16.8. The second-order valence-corrected chi connectivity index (χ2v) is 7.84. The first-order valence-corrected chi connectivity index (χ1v) is 9.76. The van der Waals surface area contributed by atoms with Gasteiger partial charge in [0.05, 0.1) is 33.2 Å². The Morgan fingerprint density at radius 1 is 1.03 bits per heavy atom. The van der Waals surface area contributed by atoms with Gasteiger partial charge in [0.25, 0.3) is 5.91 Å². The van der Waals surface area contributed by atoms with Crippen molar-refractivity contribution in [3.63, 3.8) is 0 Å². The molecule has 2 aromatic carbocycles. The molecule has 2 heterocycles. The molecule has 32 heavy (non-hydrogen) atoms. The van der Waals surface area contributed by atoms with Gasteiger partial charge in [0.2, 0.25) is 0 Å². The lowest BCUT2D eigenvalue weighted by molar-refractivity contribution is -0.143. The van der Waals surface area contributed by atoms with Crippen molar-refractivity contribution >= 4 is 32.6 Å². The van der Waals surface area contributed by atoms with Gasteiger partial charge in [-0.1, -0.05) is 23.5 Å². The molecule has 1 N–H and O–H groups in total. The number of carbonyl (C=O) groups excluding carboxylic acids is 1. The van der Waals surface area contributed by atoms with Crippen LogP contribution in [0.15, 0.2) is 48.7 Å². The zero-order chi connectivity index (χ0) is 23.3. The lowest BCUT2D eigenvalue weighted by Crippen LogP contribution is -2.21. The van der Waals surface area contributed by atoms with Crippen LogP contribution in [0.25, 0.3) is 15.9 Å². The van der Waals surface area contributed by atoms with Crippen LogP contribution >= 0.6 is 11.3 Å². The highest BCUT2D eigenvalue weighted by Gasteiger charge is 2.41. The number of benzene rings is 2. The van der Waals surface area contributed by atoms with Crippen LogP contribution in [-0.2, 0) is 12.4 Å². The number of hydrogen-bond donors (Lipinski definition) is 1. The van der Waals surface area contributed by atoms with Gasteiger partial charge in [-0.05, 0) is 42.8 Å². The molecule has 12 heteroatoms. The third-order valence-corrected chi connectivity index (χ3v) is 5.40. The Kier molecular flexibility index (Phi) is 5.19. The van der Waals surface area contributed by atoms with E-state index in [1.165, 1.54) is 0 Å². The molecule has 166 valence electrons. The first-order valence-electron chi connectivity index (χ1n) is 8.95. The molecule has 5 nitrogen and oxygen atoms in total. The molecule has 0 aliphatic carbocycles. The number of aromatic nitrogens is 3. The second kappa shape index (κ2) is 7.62. The van der Waals surface area contributed by atoms with Crippen molar-refractivity contribution in [3.8, 4) is 5.69 Å². The number of halogens is 6. The number of aryl methyl sites for hydroxylation is 1. The van der Waals surface area contributed by atoms with Gasteiger partial charge in [-0.15, -0.1) is 0 Å². The highest BCUT2D eigenvalue weighted by molar-refractivity contribution is 7.22. The minimum Gasteiger partial charge on any atom is -0.298 e. The van der Waals surface area contributed by atoms with E-state index in [4.69, 9.17) is 0 Å². The van der Waals surface area contributed by atoms with Crippen molar-refractivity contribution in [2.45, 2.75) is 19.3 Å². The van der Waals surface area contributed by atoms with E-state index in [0.29, 0.717) is 17.8 Å². The number of thiazole rings is 1. The van der Waals surface area contributed by atoms with Gasteiger partial charge in [0.1, 0.15) is 0 Å². The maximum Gasteiger partial charge on any atom is 0.434 e. The van der Waals surface area contributed by atoms with E-state index in [2.05, 4.69) is 15.4 Å². The Bertz CT molecular complexity index is 1320. The molecule has 4 rings (SSSR count). The topological polar surface area (TPSA) is 59.8 Å². The number of carbonyl (C=O) groups is 1. The van der Waals surface area contributed by atoms with Crippen molar-refractivity contribution in [1.82, 2.24) is 14.8 Å². The Balaban J connectivity index is 1.73. The summed E-state index contributed by atoms with van der Waals surface area (Å²) in [6.45, 7) is 1.86. The summed E-state index contributed by atoms with van der Waals surface area (Å²) in [5.74, 6) is -1.13. The van der Waals surface area contributed by atoms with E-state index in [1.54, 1.807) is 12.1 Å². The monoisotopic (exact) mass is 470 g/mol. The zero-order valence-electron chi connectivity index (χ0n) is 16.0. The summed E-state index contributed by atoms with van der Waals surface area (Å²) in [7, 11) is 0. The fourth-order valence-corrected chi connectivity index (χ4v) is 4.01. The molecule has 0 bridgehead atoms. The minimum absolute atomic E-state index is 0.0792. The normalized spacial score (nSPS) is 12.3. The fourth-order valence-electron chi connectivity index (χ4n) is 3.05. The Hall–Kier alpha value is -3.41. The van der Waals surface area contributed by atoms with Crippen LogP contribution in [0.5, 0.6) is 0 Å². The molecule has 0 radical (unpaired) electrons. The van der Waals surface area contributed by atoms with E-state index >= 15 is 0 Å². The minimum atomic E-state index is -5.07. The first-order chi connectivity index (χ1) is 14.9. The summed E-state index contributed by atoms with van der Waals surface area (Å²) in [6, 6.07) is 8.58. The van der Waals surface area contributed by atoms with Crippen LogP contribution in [0.4, 0.5) is 31.5 Å². The van der Waals surface area contributed by atoms with Crippen molar-refractivity contribution in [3.05, 3.63) is 71.0 Å². The van der Waals surface area contributed by atoms with Crippen LogP contribution in [0, 0.1) is 6.92 Å². The van der Waals surface area contributed by atoms with Crippen LogP contribution in [-0.4, -0.2) is 20.7 Å². The van der Waals surface area contributed by atoms with Gasteiger partial charge >= 0.3 is 12.4 Å². The predicted molar refractivity (Wildman–Crippen MR) is 106 cm³/mol. The molecule has 1 amide bonds. The van der Waals surface area contributed by atoms with Crippen molar-refractivity contribution in [1.29, 1.82) is 0 Å². The fraction of sp³-hybridized carbons (Fsp3) is 0.150. The van der Waals surface area contributed by atoms with Crippen molar-refractivity contribution < 1.29 is 31.1 Å². The summed E-state index contributed by atoms with van der Waals surface area (Å²) in [6.07, 6.45) is -9.16. The third kappa shape index (κ3) is 4.17. The summed E-state index contributed by atoms with van der Waals surface area (Å²) < 4.78 is 81.3. The molecule has 2 aromatic heterocycles. The number of rotatable bonds is 3. The first kappa shape index (κ1) is 21.8. The molecule has 4 aromatic rings. The van der Waals surface area contributed by atoms with Crippen LogP contribution in [0.2, 0.25) is 0 Å². The molecule has 0 atom stereocenters. The average Bonchev–Trinajstić information content (AvgIpc) is 3.30. The maximum absolute atomic E-state index is 13.8. The predicted octanol–water partition coefficient (Wildman–Crippen LogP) is 6.08. The lowest BCUT2D eigenvalue weighted by atomic mass is 10.1. The van der Waals surface area contributed by atoms with E-state index in [1.807, 2.05) is 13.0 Å². The van der Waals surface area contributed by atoms with Crippen molar-refractivity contribution in [2.75, 3.05) is 5.32 Å². The molecule has 0 aliphatic rings. The van der Waals surface area contributed by atoms with E-state index in [-0.39, 0.29) is 9.81 Å². The third-order valence-electron chi connectivity index (χ3n) is 4.46. The second-order valence-electron chi connectivity index (χ2n) is 6.81. The van der Waals surface area contributed by atoms with E-state index < -0.39 is 40.8 Å². The molecule has 0 saturated carbocycles. The molecule has 0 aliphatic heterocycles. The lowest BCUT2D eigenvalue weighted by Gasteiger charge is -2.14. The standard InChI is InChI=1S/C20H12F6N4OS/c1-10-5-6-14-15(7-10)32-18(28-14)29-17(31)13-9-27-30(16(13)20(24,25)26)12-4-2-3-11(8-12)19(21,22)23/h2-9H,1H3,(H,28,29,31). The number of alkyl halides is 6.